The highest BCUT2D eigenvalue weighted by Crippen LogP contribution is 2.26. The quantitative estimate of drug-likeness (QED) is 0.589. The Balaban J connectivity index is 2.99. The van der Waals surface area contributed by atoms with E-state index >= 15 is 0 Å². The zero-order valence-electron chi connectivity index (χ0n) is 6.61. The number of nitrogens with zero attached hydrogens (tertiary/aromatic N) is 1. The third-order valence-corrected chi connectivity index (χ3v) is 1.76. The lowest BCUT2D eigenvalue weighted by atomic mass is 10.3. The first-order valence-electron chi connectivity index (χ1n) is 3.39. The Bertz CT molecular complexity index is 329. The van der Waals surface area contributed by atoms with Gasteiger partial charge in [0.15, 0.2) is 0 Å². The third kappa shape index (κ3) is 3.23. The minimum atomic E-state index is -4.79. The lowest BCUT2D eigenvalue weighted by Crippen LogP contribution is -2.18. The van der Waals surface area contributed by atoms with E-state index in [4.69, 9.17) is 23.2 Å². The van der Waals surface area contributed by atoms with E-state index in [0.29, 0.717) is 0 Å². The summed E-state index contributed by atoms with van der Waals surface area (Å²) in [7, 11) is 0. The smallest absolute Gasteiger partial charge is 0.387 e. The van der Waals surface area contributed by atoms with Crippen molar-refractivity contribution >= 4 is 23.2 Å². The maximum absolute atomic E-state index is 11.8. The molecule has 0 spiro atoms. The average Bonchev–Trinajstić information content (AvgIpc) is 2.01. The van der Waals surface area contributed by atoms with Gasteiger partial charge in [-0.2, -0.15) is 0 Å². The van der Waals surface area contributed by atoms with Gasteiger partial charge >= 0.3 is 6.36 Å². The molecule has 0 aliphatic carbocycles. The molecule has 1 heterocycles. The first-order chi connectivity index (χ1) is 6.42. The molecule has 0 unspecified atom stereocenters. The summed E-state index contributed by atoms with van der Waals surface area (Å²) in [5.41, 5.74) is 0.133. The van der Waals surface area contributed by atoms with Crippen LogP contribution in [0.2, 0.25) is 5.15 Å². The number of aromatic nitrogens is 1. The molecule has 0 fully saturated rings. The lowest BCUT2D eigenvalue weighted by Gasteiger charge is -2.10. The lowest BCUT2D eigenvalue weighted by molar-refractivity contribution is -0.276. The number of alkyl halides is 4. The molecule has 0 aromatic carbocycles. The highest BCUT2D eigenvalue weighted by Gasteiger charge is 2.32. The van der Waals surface area contributed by atoms with Crippen LogP contribution in [0.15, 0.2) is 12.1 Å². The zero-order valence-corrected chi connectivity index (χ0v) is 8.12. The van der Waals surface area contributed by atoms with Crippen molar-refractivity contribution < 1.29 is 17.9 Å². The highest BCUT2D eigenvalue weighted by molar-refractivity contribution is 6.29. The van der Waals surface area contributed by atoms with Gasteiger partial charge in [0.2, 0.25) is 5.88 Å². The summed E-state index contributed by atoms with van der Waals surface area (Å²) in [6.07, 6.45) is -4.79. The molecule has 2 nitrogen and oxygen atoms in total. The Hall–Kier alpha value is -0.680. The second-order valence-electron chi connectivity index (χ2n) is 2.28. The maximum Gasteiger partial charge on any atom is 0.574 e. The number of halogens is 5. The second kappa shape index (κ2) is 4.23. The molecule has 0 aliphatic heterocycles. The molecule has 0 aliphatic rings. The highest BCUT2D eigenvalue weighted by atomic mass is 35.5. The van der Waals surface area contributed by atoms with Gasteiger partial charge in [0, 0.05) is 5.56 Å². The number of ether oxygens (including phenoxy) is 1. The molecule has 1 rings (SSSR count). The fourth-order valence-corrected chi connectivity index (χ4v) is 1.09. The largest absolute Gasteiger partial charge is 0.574 e. The third-order valence-electron chi connectivity index (χ3n) is 1.26. The predicted octanol–water partition coefficient (Wildman–Crippen LogP) is 3.37. The summed E-state index contributed by atoms with van der Waals surface area (Å²) in [4.78, 5) is 3.37. The van der Waals surface area contributed by atoms with E-state index < -0.39 is 12.2 Å². The fraction of sp³-hybridized carbons (Fsp3) is 0.286. The molecule has 0 radical (unpaired) electrons. The van der Waals surface area contributed by atoms with E-state index in [1.54, 1.807) is 0 Å². The molecule has 0 bridgehead atoms. The Morgan fingerprint density at radius 3 is 2.50 bits per heavy atom. The van der Waals surface area contributed by atoms with Gasteiger partial charge in [0.1, 0.15) is 5.15 Å². The van der Waals surface area contributed by atoms with Crippen molar-refractivity contribution in [2.24, 2.45) is 0 Å². The van der Waals surface area contributed by atoms with Gasteiger partial charge < -0.3 is 4.74 Å². The molecule has 7 heteroatoms. The van der Waals surface area contributed by atoms with E-state index in [1.165, 1.54) is 12.1 Å². The molecule has 1 aromatic rings. The predicted molar refractivity (Wildman–Crippen MR) is 45.5 cm³/mol. The van der Waals surface area contributed by atoms with Gasteiger partial charge in [0.05, 0.1) is 5.88 Å². The van der Waals surface area contributed by atoms with Crippen LogP contribution in [0.5, 0.6) is 5.88 Å². The molecular weight excluding hydrogens is 242 g/mol. The van der Waals surface area contributed by atoms with Crippen LogP contribution in [0.1, 0.15) is 5.56 Å². The SMILES string of the molecule is FC(F)(F)Oc1nc(Cl)ccc1CCl. The molecule has 0 N–H and O–H groups in total. The monoisotopic (exact) mass is 245 g/mol. The van der Waals surface area contributed by atoms with Crippen LogP contribution in [0.25, 0.3) is 0 Å². The van der Waals surface area contributed by atoms with Gasteiger partial charge in [-0.05, 0) is 12.1 Å². The van der Waals surface area contributed by atoms with Crippen molar-refractivity contribution in [2.45, 2.75) is 12.2 Å². The van der Waals surface area contributed by atoms with Crippen molar-refractivity contribution in [3.8, 4) is 5.88 Å². The van der Waals surface area contributed by atoms with Crippen molar-refractivity contribution in [1.82, 2.24) is 4.98 Å². The molecule has 0 saturated heterocycles. The fourth-order valence-electron chi connectivity index (χ4n) is 0.746. The molecule has 14 heavy (non-hydrogen) atoms. The average molecular weight is 246 g/mol. The van der Waals surface area contributed by atoms with Crippen LogP contribution in [0, 0.1) is 0 Å². The maximum atomic E-state index is 11.8. The van der Waals surface area contributed by atoms with Gasteiger partial charge in [-0.25, -0.2) is 4.98 Å². The standard InChI is InChI=1S/C7H4Cl2F3NO/c8-3-4-1-2-5(9)13-6(4)14-7(10,11)12/h1-2H,3H2. The number of hydrogen-bond donors (Lipinski definition) is 0. The van der Waals surface area contributed by atoms with Crippen molar-refractivity contribution in [1.29, 1.82) is 0 Å². The zero-order chi connectivity index (χ0) is 10.8. The summed E-state index contributed by atoms with van der Waals surface area (Å²) in [5, 5.41) is -0.0851. The summed E-state index contributed by atoms with van der Waals surface area (Å²) in [6, 6.07) is 2.66. The summed E-state index contributed by atoms with van der Waals surface area (Å²) in [5.74, 6) is -0.740. The minimum absolute atomic E-state index is 0.0851. The van der Waals surface area contributed by atoms with Gasteiger partial charge in [-0.15, -0.1) is 24.8 Å². The van der Waals surface area contributed by atoms with E-state index in [2.05, 4.69) is 9.72 Å². The van der Waals surface area contributed by atoms with Crippen molar-refractivity contribution in [2.75, 3.05) is 0 Å². The van der Waals surface area contributed by atoms with E-state index in [-0.39, 0.29) is 16.6 Å². The minimum Gasteiger partial charge on any atom is -0.387 e. The Morgan fingerprint density at radius 1 is 1.36 bits per heavy atom. The molecule has 0 saturated carbocycles. The van der Waals surface area contributed by atoms with Crippen LogP contribution in [-0.2, 0) is 5.88 Å². The Morgan fingerprint density at radius 2 is 2.00 bits per heavy atom. The number of rotatable bonds is 2. The first kappa shape index (κ1) is 11.4. The van der Waals surface area contributed by atoms with Gasteiger partial charge in [-0.3, -0.25) is 0 Å². The molecule has 78 valence electrons. The van der Waals surface area contributed by atoms with E-state index in [9.17, 15) is 13.2 Å². The molecular formula is C7H4Cl2F3NO. The van der Waals surface area contributed by atoms with Crippen molar-refractivity contribution in [3.05, 3.63) is 22.8 Å². The number of hydrogen-bond acceptors (Lipinski definition) is 2. The molecule has 0 amide bonds. The van der Waals surface area contributed by atoms with Gasteiger partial charge in [0.25, 0.3) is 0 Å². The van der Waals surface area contributed by atoms with Crippen LogP contribution in [0.4, 0.5) is 13.2 Å². The normalized spacial score (nSPS) is 11.5. The van der Waals surface area contributed by atoms with Crippen LogP contribution in [0.3, 0.4) is 0 Å². The summed E-state index contributed by atoms with van der Waals surface area (Å²) >= 11 is 10.8. The Kier molecular flexibility index (Phi) is 3.44. The Labute approximate surface area is 87.6 Å². The van der Waals surface area contributed by atoms with E-state index in [1.807, 2.05) is 0 Å². The van der Waals surface area contributed by atoms with Crippen LogP contribution >= 0.6 is 23.2 Å². The second-order valence-corrected chi connectivity index (χ2v) is 2.93. The topological polar surface area (TPSA) is 22.1 Å². The molecule has 1 aromatic heterocycles. The number of pyridine rings is 1. The summed E-state index contributed by atoms with van der Waals surface area (Å²) in [6.45, 7) is 0. The summed E-state index contributed by atoms with van der Waals surface area (Å²) < 4.78 is 39.1. The molecule has 0 atom stereocenters. The van der Waals surface area contributed by atoms with Gasteiger partial charge in [-0.1, -0.05) is 11.6 Å². The van der Waals surface area contributed by atoms with E-state index in [0.717, 1.165) is 0 Å². The van der Waals surface area contributed by atoms with Crippen LogP contribution in [-0.4, -0.2) is 11.3 Å². The van der Waals surface area contributed by atoms with Crippen LogP contribution < -0.4 is 4.74 Å². The first-order valence-corrected chi connectivity index (χ1v) is 4.31. The van der Waals surface area contributed by atoms with Crippen molar-refractivity contribution in [3.63, 3.8) is 0 Å².